The smallest absolute Gasteiger partial charge is 0.244 e. The highest BCUT2D eigenvalue weighted by molar-refractivity contribution is 7.89. The molecule has 0 aliphatic heterocycles. The van der Waals surface area contributed by atoms with Crippen molar-refractivity contribution < 1.29 is 18.3 Å². The van der Waals surface area contributed by atoms with E-state index in [1.54, 1.807) is 5.38 Å². The number of thiophene rings is 1. The van der Waals surface area contributed by atoms with Crippen LogP contribution in [0.4, 0.5) is 0 Å². The summed E-state index contributed by atoms with van der Waals surface area (Å²) in [5.41, 5.74) is 0. The van der Waals surface area contributed by atoms with Gasteiger partial charge in [-0.1, -0.05) is 6.08 Å². The van der Waals surface area contributed by atoms with Crippen LogP contribution in [-0.2, 0) is 21.4 Å². The molecular weight excluding hydrogens is 274 g/mol. The van der Waals surface area contributed by atoms with Crippen molar-refractivity contribution in [2.45, 2.75) is 11.5 Å². The van der Waals surface area contributed by atoms with Crippen LogP contribution in [0.2, 0.25) is 0 Å². The van der Waals surface area contributed by atoms with Gasteiger partial charge in [-0.3, -0.25) is 0 Å². The number of sulfonamides is 1. The maximum atomic E-state index is 12.4. The zero-order chi connectivity index (χ0) is 13.6. The molecule has 1 rings (SSSR count). The lowest BCUT2D eigenvalue weighted by Crippen LogP contribution is -2.34. The molecule has 5 nitrogen and oxygen atoms in total. The average Bonchev–Trinajstić information content (AvgIpc) is 2.83. The van der Waals surface area contributed by atoms with Crippen molar-refractivity contribution in [3.63, 3.8) is 0 Å². The summed E-state index contributed by atoms with van der Waals surface area (Å²) in [5.74, 6) is 0. The molecule has 0 atom stereocenters. The number of hydrogen-bond acceptors (Lipinski definition) is 5. The van der Waals surface area contributed by atoms with Crippen LogP contribution in [0.1, 0.15) is 4.88 Å². The monoisotopic (exact) mass is 291 g/mol. The first-order valence-corrected chi connectivity index (χ1v) is 7.67. The molecule has 0 aliphatic carbocycles. The molecule has 1 aromatic heterocycles. The standard InChI is InChI=1S/C11H17NO4S2/c1-3-5-12(6-7-16-2)18(14,15)11-4-8-17-10(11)9-13/h3-4,8,13H,1,5-7,9H2,2H3. The maximum Gasteiger partial charge on any atom is 0.244 e. The van der Waals surface area contributed by atoms with Gasteiger partial charge in [-0.25, -0.2) is 8.42 Å². The molecule has 0 fully saturated rings. The second-order valence-corrected chi connectivity index (χ2v) is 6.42. The first kappa shape index (κ1) is 15.3. The van der Waals surface area contributed by atoms with Crippen molar-refractivity contribution in [2.75, 3.05) is 26.8 Å². The van der Waals surface area contributed by atoms with E-state index in [9.17, 15) is 8.42 Å². The summed E-state index contributed by atoms with van der Waals surface area (Å²) >= 11 is 1.22. The Bertz CT molecular complexity index is 481. The van der Waals surface area contributed by atoms with Crippen LogP contribution in [0, 0.1) is 0 Å². The predicted octanol–water partition coefficient (Wildman–Crippen LogP) is 1.06. The predicted molar refractivity (Wildman–Crippen MR) is 71.1 cm³/mol. The number of methoxy groups -OCH3 is 1. The largest absolute Gasteiger partial charge is 0.391 e. The van der Waals surface area contributed by atoms with Crippen LogP contribution in [0.3, 0.4) is 0 Å². The topological polar surface area (TPSA) is 66.8 Å². The molecule has 1 heterocycles. The highest BCUT2D eigenvalue weighted by Crippen LogP contribution is 2.25. The summed E-state index contributed by atoms with van der Waals surface area (Å²) in [6.45, 7) is 4.05. The molecule has 1 N–H and O–H groups in total. The van der Waals surface area contributed by atoms with E-state index in [-0.39, 0.29) is 24.6 Å². The quantitative estimate of drug-likeness (QED) is 0.727. The van der Waals surface area contributed by atoms with E-state index in [2.05, 4.69) is 6.58 Å². The lowest BCUT2D eigenvalue weighted by molar-refractivity contribution is 0.182. The van der Waals surface area contributed by atoms with Crippen LogP contribution in [0.25, 0.3) is 0 Å². The second-order valence-electron chi connectivity index (χ2n) is 3.51. The van der Waals surface area contributed by atoms with Crippen LogP contribution in [0.5, 0.6) is 0 Å². The minimum Gasteiger partial charge on any atom is -0.391 e. The summed E-state index contributed by atoms with van der Waals surface area (Å²) in [5, 5.41) is 10.8. The number of hydrogen-bond donors (Lipinski definition) is 1. The van der Waals surface area contributed by atoms with Gasteiger partial charge in [-0.15, -0.1) is 17.9 Å². The summed E-state index contributed by atoms with van der Waals surface area (Å²) in [7, 11) is -2.09. The Labute approximate surface area is 111 Å². The van der Waals surface area contributed by atoms with Crippen molar-refractivity contribution >= 4 is 21.4 Å². The van der Waals surface area contributed by atoms with Gasteiger partial charge < -0.3 is 9.84 Å². The van der Waals surface area contributed by atoms with E-state index in [1.165, 1.54) is 34.9 Å². The maximum absolute atomic E-state index is 12.4. The van der Waals surface area contributed by atoms with Crippen LogP contribution < -0.4 is 0 Å². The zero-order valence-electron chi connectivity index (χ0n) is 10.2. The summed E-state index contributed by atoms with van der Waals surface area (Å²) in [6, 6.07) is 1.51. The molecule has 0 bridgehead atoms. The second kappa shape index (κ2) is 7.01. The van der Waals surface area contributed by atoms with Crippen molar-refractivity contribution in [3.05, 3.63) is 29.0 Å². The van der Waals surface area contributed by atoms with Crippen LogP contribution in [0.15, 0.2) is 29.0 Å². The van der Waals surface area contributed by atoms with E-state index in [0.29, 0.717) is 11.5 Å². The first-order chi connectivity index (χ1) is 8.57. The summed E-state index contributed by atoms with van der Waals surface area (Å²) < 4.78 is 31.0. The Hall–Kier alpha value is -0.730. The fraction of sp³-hybridized carbons (Fsp3) is 0.455. The van der Waals surface area contributed by atoms with Crippen molar-refractivity contribution in [2.24, 2.45) is 0 Å². The lowest BCUT2D eigenvalue weighted by atomic mass is 10.5. The fourth-order valence-electron chi connectivity index (χ4n) is 1.46. The third-order valence-corrected chi connectivity index (χ3v) is 5.33. The van der Waals surface area contributed by atoms with Gasteiger partial charge in [0.15, 0.2) is 0 Å². The summed E-state index contributed by atoms with van der Waals surface area (Å²) in [4.78, 5) is 0.606. The zero-order valence-corrected chi connectivity index (χ0v) is 11.8. The lowest BCUT2D eigenvalue weighted by Gasteiger charge is -2.20. The van der Waals surface area contributed by atoms with Gasteiger partial charge in [-0.05, 0) is 11.4 Å². The Morgan fingerprint density at radius 2 is 2.33 bits per heavy atom. The molecule has 18 heavy (non-hydrogen) atoms. The Morgan fingerprint density at radius 1 is 1.61 bits per heavy atom. The van der Waals surface area contributed by atoms with Crippen molar-refractivity contribution in [1.82, 2.24) is 4.31 Å². The van der Waals surface area contributed by atoms with E-state index in [4.69, 9.17) is 9.84 Å². The highest BCUT2D eigenvalue weighted by Gasteiger charge is 2.26. The molecule has 0 unspecified atom stereocenters. The molecule has 0 saturated heterocycles. The van der Waals surface area contributed by atoms with E-state index in [1.807, 2.05) is 0 Å². The van der Waals surface area contributed by atoms with Gasteiger partial charge in [-0.2, -0.15) is 4.31 Å². The van der Waals surface area contributed by atoms with Gasteiger partial charge in [0.2, 0.25) is 10.0 Å². The molecule has 0 aromatic carbocycles. The molecule has 1 aromatic rings. The Morgan fingerprint density at radius 3 is 2.89 bits per heavy atom. The van der Waals surface area contributed by atoms with Crippen molar-refractivity contribution in [3.8, 4) is 0 Å². The number of aliphatic hydroxyl groups excluding tert-OH is 1. The third kappa shape index (κ3) is 3.39. The van der Waals surface area contributed by atoms with E-state index < -0.39 is 10.0 Å². The Kier molecular flexibility index (Phi) is 5.97. The van der Waals surface area contributed by atoms with Gasteiger partial charge in [0, 0.05) is 25.1 Å². The molecular formula is C11H17NO4S2. The molecule has 0 spiro atoms. The van der Waals surface area contributed by atoms with Gasteiger partial charge in [0.05, 0.1) is 18.1 Å². The van der Waals surface area contributed by atoms with Gasteiger partial charge >= 0.3 is 0 Å². The van der Waals surface area contributed by atoms with Crippen molar-refractivity contribution in [1.29, 1.82) is 0 Å². The minimum atomic E-state index is -3.60. The molecule has 7 heteroatoms. The highest BCUT2D eigenvalue weighted by atomic mass is 32.2. The molecule has 0 radical (unpaired) electrons. The van der Waals surface area contributed by atoms with Gasteiger partial charge in [0.25, 0.3) is 0 Å². The molecule has 0 saturated carbocycles. The molecule has 0 aliphatic rings. The number of nitrogens with zero attached hydrogens (tertiary/aromatic N) is 1. The van der Waals surface area contributed by atoms with Crippen LogP contribution in [-0.4, -0.2) is 44.6 Å². The normalized spacial score (nSPS) is 11.9. The number of rotatable bonds is 8. The first-order valence-electron chi connectivity index (χ1n) is 5.35. The average molecular weight is 291 g/mol. The van der Waals surface area contributed by atoms with Crippen LogP contribution >= 0.6 is 11.3 Å². The number of ether oxygens (including phenoxy) is 1. The van der Waals surface area contributed by atoms with E-state index >= 15 is 0 Å². The number of aliphatic hydroxyl groups is 1. The SMILES string of the molecule is C=CCN(CCOC)S(=O)(=O)c1ccsc1CO. The molecule has 102 valence electrons. The summed E-state index contributed by atoms with van der Waals surface area (Å²) in [6.07, 6.45) is 1.53. The molecule has 0 amide bonds. The van der Waals surface area contributed by atoms with E-state index in [0.717, 1.165) is 0 Å². The minimum absolute atomic E-state index is 0.160. The third-order valence-electron chi connectivity index (χ3n) is 2.34. The Balaban J connectivity index is 3.04. The fourth-order valence-corrected chi connectivity index (χ4v) is 4.12. The van der Waals surface area contributed by atoms with Gasteiger partial charge in [0.1, 0.15) is 0 Å².